The summed E-state index contributed by atoms with van der Waals surface area (Å²) in [5.74, 6) is -1.23. The van der Waals surface area contributed by atoms with Gasteiger partial charge in [0.15, 0.2) is 0 Å². The van der Waals surface area contributed by atoms with Crippen molar-refractivity contribution in [3.63, 3.8) is 0 Å². The molecule has 2 aromatic carbocycles. The molecule has 180 valence electrons. The zero-order valence-corrected chi connectivity index (χ0v) is 19.2. The summed E-state index contributed by atoms with van der Waals surface area (Å²) >= 11 is 1.32. The van der Waals surface area contributed by atoms with Crippen molar-refractivity contribution in [1.82, 2.24) is 14.6 Å². The van der Waals surface area contributed by atoms with Crippen molar-refractivity contribution in [3.05, 3.63) is 83.7 Å². The molecule has 0 saturated carbocycles. The van der Waals surface area contributed by atoms with Gasteiger partial charge in [-0.2, -0.15) is 13.2 Å². The van der Waals surface area contributed by atoms with E-state index in [1.165, 1.54) is 42.3 Å². The van der Waals surface area contributed by atoms with Crippen LogP contribution in [0.25, 0.3) is 11.1 Å². The maximum atomic E-state index is 14.1. The highest BCUT2D eigenvalue weighted by Crippen LogP contribution is 2.29. The van der Waals surface area contributed by atoms with Crippen LogP contribution < -0.4 is 5.32 Å². The molecule has 3 aromatic rings. The molecule has 0 unspecified atom stereocenters. The fourth-order valence-electron chi connectivity index (χ4n) is 3.00. The van der Waals surface area contributed by atoms with E-state index in [0.717, 1.165) is 17.2 Å². The van der Waals surface area contributed by atoms with E-state index in [1.807, 2.05) is 18.2 Å². The molecule has 1 heterocycles. The summed E-state index contributed by atoms with van der Waals surface area (Å²) in [4.78, 5) is 16.7. The number of hydrogen-bond donors (Lipinski definition) is 1. The quantitative estimate of drug-likeness (QED) is 0.304. The average Bonchev–Trinajstić information content (AvgIpc) is 2.78. The number of halogens is 5. The molecule has 34 heavy (non-hydrogen) atoms. The molecular formula is C24H22F5N3OS. The molecular weight excluding hydrogens is 473 g/mol. The monoisotopic (exact) mass is 495 g/mol. The third-order valence-corrected chi connectivity index (χ3v) is 6.01. The van der Waals surface area contributed by atoms with Crippen LogP contribution in [0.5, 0.6) is 0 Å². The number of pyridine rings is 1. The van der Waals surface area contributed by atoms with E-state index in [2.05, 4.69) is 10.3 Å². The van der Waals surface area contributed by atoms with Gasteiger partial charge in [-0.1, -0.05) is 6.07 Å². The highest BCUT2D eigenvalue weighted by atomic mass is 32.2. The number of nitrogens with one attached hydrogen (secondary N) is 1. The number of carbonyl (C=O) groups excluding carboxylic acids is 1. The molecule has 0 radical (unpaired) electrons. The minimum Gasteiger partial charge on any atom is -0.351 e. The lowest BCUT2D eigenvalue weighted by Gasteiger charge is -2.24. The molecule has 4 nitrogen and oxygen atoms in total. The number of rotatable bonds is 8. The maximum Gasteiger partial charge on any atom is 0.433 e. The molecule has 0 fully saturated rings. The fourth-order valence-corrected chi connectivity index (χ4v) is 3.92. The van der Waals surface area contributed by atoms with Crippen molar-refractivity contribution in [3.8, 4) is 11.1 Å². The molecule has 0 bridgehead atoms. The first-order valence-electron chi connectivity index (χ1n) is 10.3. The number of aromatic nitrogens is 1. The summed E-state index contributed by atoms with van der Waals surface area (Å²) < 4.78 is 67.3. The van der Waals surface area contributed by atoms with E-state index in [9.17, 15) is 26.7 Å². The van der Waals surface area contributed by atoms with E-state index < -0.39 is 17.7 Å². The molecule has 0 aliphatic heterocycles. The Morgan fingerprint density at radius 1 is 1.00 bits per heavy atom. The van der Waals surface area contributed by atoms with Gasteiger partial charge in [0.1, 0.15) is 17.3 Å². The van der Waals surface area contributed by atoms with E-state index in [1.54, 1.807) is 18.2 Å². The van der Waals surface area contributed by atoms with Gasteiger partial charge in [0.05, 0.1) is 6.54 Å². The molecule has 0 aliphatic rings. The number of alkyl halides is 3. The first-order valence-corrected chi connectivity index (χ1v) is 11.1. The van der Waals surface area contributed by atoms with E-state index in [4.69, 9.17) is 0 Å². The Morgan fingerprint density at radius 3 is 2.29 bits per heavy atom. The van der Waals surface area contributed by atoms with Crippen LogP contribution in [0.4, 0.5) is 22.0 Å². The van der Waals surface area contributed by atoms with Crippen LogP contribution in [-0.2, 0) is 17.5 Å². The second-order valence-corrected chi connectivity index (χ2v) is 8.89. The summed E-state index contributed by atoms with van der Waals surface area (Å²) in [6.45, 7) is 3.91. The first kappa shape index (κ1) is 25.6. The average molecular weight is 496 g/mol. The minimum atomic E-state index is -4.56. The molecule has 1 N–H and O–H groups in total. The van der Waals surface area contributed by atoms with Crippen molar-refractivity contribution < 1.29 is 26.7 Å². The maximum absolute atomic E-state index is 14.1. The van der Waals surface area contributed by atoms with Gasteiger partial charge >= 0.3 is 6.18 Å². The molecule has 0 aliphatic carbocycles. The molecule has 0 atom stereocenters. The zero-order chi connectivity index (χ0) is 24.9. The van der Waals surface area contributed by atoms with Crippen LogP contribution in [0.3, 0.4) is 0 Å². The zero-order valence-electron chi connectivity index (χ0n) is 18.4. The normalized spacial score (nSPS) is 11.8. The lowest BCUT2D eigenvalue weighted by Crippen LogP contribution is -2.36. The van der Waals surface area contributed by atoms with Crippen molar-refractivity contribution in [2.24, 2.45) is 0 Å². The van der Waals surface area contributed by atoms with Crippen molar-refractivity contribution in [2.75, 3.05) is 6.54 Å². The number of hydrogen-bond acceptors (Lipinski definition) is 4. The molecule has 0 saturated heterocycles. The van der Waals surface area contributed by atoms with Gasteiger partial charge in [0.25, 0.3) is 0 Å². The summed E-state index contributed by atoms with van der Waals surface area (Å²) in [6, 6.07) is 12.0. The molecule has 0 spiro atoms. The summed E-state index contributed by atoms with van der Waals surface area (Å²) in [7, 11) is 0. The Labute approximate surface area is 198 Å². The molecule has 10 heteroatoms. The van der Waals surface area contributed by atoms with Gasteiger partial charge in [-0.15, -0.1) is 0 Å². The third-order valence-electron chi connectivity index (χ3n) is 4.75. The summed E-state index contributed by atoms with van der Waals surface area (Å²) in [5.41, 5.74) is 0.0850. The van der Waals surface area contributed by atoms with E-state index in [-0.39, 0.29) is 30.9 Å². The predicted octanol–water partition coefficient (Wildman–Crippen LogP) is 6.08. The Balaban J connectivity index is 1.64. The van der Waals surface area contributed by atoms with Gasteiger partial charge in [0.2, 0.25) is 5.91 Å². The lowest BCUT2D eigenvalue weighted by atomic mass is 10.0. The van der Waals surface area contributed by atoms with E-state index >= 15 is 0 Å². The highest BCUT2D eigenvalue weighted by Gasteiger charge is 2.32. The SMILES string of the molecule is CC(C)N(CC(=O)NCc1cc(F)cc(-c2ccc(C(F)(F)F)nc2)c1)Sc1ccc(F)cc1. The minimum absolute atomic E-state index is 0.00810. The van der Waals surface area contributed by atoms with Gasteiger partial charge in [-0.05, 0) is 85.5 Å². The van der Waals surface area contributed by atoms with Crippen LogP contribution in [0, 0.1) is 11.6 Å². The Hall–Kier alpha value is -2.98. The number of nitrogens with zero attached hydrogens (tertiary/aromatic N) is 2. The number of benzene rings is 2. The second kappa shape index (κ2) is 11.0. The van der Waals surface area contributed by atoms with Crippen LogP contribution in [-0.4, -0.2) is 27.8 Å². The van der Waals surface area contributed by atoms with Crippen LogP contribution in [0.15, 0.2) is 65.7 Å². The predicted molar refractivity (Wildman–Crippen MR) is 121 cm³/mol. The van der Waals surface area contributed by atoms with Crippen molar-refractivity contribution in [2.45, 2.75) is 37.5 Å². The Morgan fingerprint density at radius 2 is 1.71 bits per heavy atom. The third kappa shape index (κ3) is 7.26. The molecule has 1 amide bonds. The molecule has 1 aromatic heterocycles. The lowest BCUT2D eigenvalue weighted by molar-refractivity contribution is -0.141. The smallest absolute Gasteiger partial charge is 0.351 e. The second-order valence-electron chi connectivity index (χ2n) is 7.77. The topological polar surface area (TPSA) is 45.2 Å². The van der Waals surface area contributed by atoms with Crippen molar-refractivity contribution in [1.29, 1.82) is 0 Å². The summed E-state index contributed by atoms with van der Waals surface area (Å²) in [5, 5.41) is 2.73. The van der Waals surface area contributed by atoms with E-state index in [0.29, 0.717) is 16.7 Å². The number of amides is 1. The largest absolute Gasteiger partial charge is 0.433 e. The first-order chi connectivity index (χ1) is 16.0. The Kier molecular flexibility index (Phi) is 8.27. The standard InChI is InChI=1S/C24H22F5N3OS/c1-15(2)32(34-21-6-4-19(25)5-7-21)14-23(33)31-12-16-9-18(11-20(26)10-16)17-3-8-22(30-13-17)24(27,28)29/h3-11,13,15H,12,14H2,1-2H3,(H,31,33). The fraction of sp³-hybridized carbons (Fsp3) is 0.250. The highest BCUT2D eigenvalue weighted by molar-refractivity contribution is 7.97. The van der Waals surface area contributed by atoms with Crippen LogP contribution >= 0.6 is 11.9 Å². The van der Waals surface area contributed by atoms with Gasteiger partial charge in [-0.3, -0.25) is 9.78 Å². The van der Waals surface area contributed by atoms with Crippen molar-refractivity contribution >= 4 is 17.9 Å². The van der Waals surface area contributed by atoms with Gasteiger partial charge in [0, 0.05) is 29.2 Å². The summed E-state index contributed by atoms with van der Waals surface area (Å²) in [6.07, 6.45) is -3.53. The molecule has 3 rings (SSSR count). The Bertz CT molecular complexity index is 1120. The number of carbonyl (C=O) groups is 1. The van der Waals surface area contributed by atoms with Gasteiger partial charge < -0.3 is 5.32 Å². The van der Waals surface area contributed by atoms with Gasteiger partial charge in [-0.25, -0.2) is 13.1 Å². The van der Waals surface area contributed by atoms with Crippen LogP contribution in [0.2, 0.25) is 0 Å². The van der Waals surface area contributed by atoms with Crippen LogP contribution in [0.1, 0.15) is 25.1 Å².